The largest absolute Gasteiger partial charge is 0.492 e. The van der Waals surface area contributed by atoms with Gasteiger partial charge in [0.15, 0.2) is 0 Å². The Labute approximate surface area is 177 Å². The van der Waals surface area contributed by atoms with Crippen molar-refractivity contribution in [3.63, 3.8) is 0 Å². The third kappa shape index (κ3) is 4.40. The minimum Gasteiger partial charge on any atom is -0.492 e. The van der Waals surface area contributed by atoms with Gasteiger partial charge in [-0.05, 0) is 83.2 Å². The number of imide groups is 2. The highest BCUT2D eigenvalue weighted by Gasteiger charge is 2.36. The first-order valence-electron chi connectivity index (χ1n) is 9.23. The molecule has 0 saturated carbocycles. The molecule has 4 amide bonds. The fraction of sp³-hybridized carbons (Fsp3) is 0.227. The Morgan fingerprint density at radius 3 is 2.48 bits per heavy atom. The number of anilines is 1. The van der Waals surface area contributed by atoms with Gasteiger partial charge in [-0.2, -0.15) is 0 Å². The van der Waals surface area contributed by atoms with Gasteiger partial charge in [0.1, 0.15) is 11.3 Å². The smallest absolute Gasteiger partial charge is 0.335 e. The molecule has 3 rings (SSSR count). The molecule has 0 spiro atoms. The second kappa shape index (κ2) is 8.61. The van der Waals surface area contributed by atoms with Crippen LogP contribution in [-0.4, -0.2) is 24.5 Å². The molecule has 0 bridgehead atoms. The summed E-state index contributed by atoms with van der Waals surface area (Å²) in [6, 6.07) is 9.78. The van der Waals surface area contributed by atoms with Crippen LogP contribution in [0.4, 0.5) is 10.5 Å². The van der Waals surface area contributed by atoms with Crippen molar-refractivity contribution in [3.8, 4) is 5.75 Å². The van der Waals surface area contributed by atoms with Gasteiger partial charge >= 0.3 is 6.03 Å². The lowest BCUT2D eigenvalue weighted by molar-refractivity contribution is -0.122. The Morgan fingerprint density at radius 2 is 1.83 bits per heavy atom. The number of nitrogens with zero attached hydrogens (tertiary/aromatic N) is 1. The van der Waals surface area contributed by atoms with E-state index in [2.05, 4.69) is 21.2 Å². The molecule has 1 aliphatic heterocycles. The van der Waals surface area contributed by atoms with E-state index < -0.39 is 17.8 Å². The number of benzene rings is 2. The van der Waals surface area contributed by atoms with Crippen molar-refractivity contribution >= 4 is 45.5 Å². The Bertz CT molecular complexity index is 1030. The molecule has 2 aromatic carbocycles. The number of ether oxygens (including phenoxy) is 1. The molecule has 7 heteroatoms. The summed E-state index contributed by atoms with van der Waals surface area (Å²) in [6.45, 7) is 6.44. The van der Waals surface area contributed by atoms with E-state index in [1.54, 1.807) is 30.3 Å². The van der Waals surface area contributed by atoms with Gasteiger partial charge in [-0.3, -0.25) is 14.9 Å². The lowest BCUT2D eigenvalue weighted by Gasteiger charge is -2.26. The topological polar surface area (TPSA) is 75.7 Å². The van der Waals surface area contributed by atoms with Crippen LogP contribution < -0.4 is 15.0 Å². The van der Waals surface area contributed by atoms with Gasteiger partial charge in [-0.1, -0.05) is 19.1 Å². The number of nitrogens with one attached hydrogen (secondary N) is 1. The highest BCUT2D eigenvalue weighted by atomic mass is 79.9. The predicted octanol–water partition coefficient (Wildman–Crippen LogP) is 4.52. The second-order valence-electron chi connectivity index (χ2n) is 6.76. The molecule has 150 valence electrons. The van der Waals surface area contributed by atoms with Crippen LogP contribution in [0.2, 0.25) is 0 Å². The molecule has 0 aliphatic carbocycles. The number of urea groups is 1. The molecule has 2 aromatic rings. The van der Waals surface area contributed by atoms with Crippen LogP contribution in [0.15, 0.2) is 46.4 Å². The fourth-order valence-electron chi connectivity index (χ4n) is 2.86. The van der Waals surface area contributed by atoms with Crippen LogP contribution in [0.5, 0.6) is 5.75 Å². The van der Waals surface area contributed by atoms with Crippen LogP contribution in [0.25, 0.3) is 6.08 Å². The molecule has 29 heavy (non-hydrogen) atoms. The van der Waals surface area contributed by atoms with Crippen molar-refractivity contribution in [3.05, 3.63) is 63.1 Å². The Kier molecular flexibility index (Phi) is 6.17. The number of carbonyl (C=O) groups excluding carboxylic acids is 3. The zero-order chi connectivity index (χ0) is 21.1. The molecule has 1 fully saturated rings. The number of barbiturate groups is 1. The summed E-state index contributed by atoms with van der Waals surface area (Å²) in [5.74, 6) is -0.702. The maximum Gasteiger partial charge on any atom is 0.335 e. The number of amides is 4. The first kappa shape index (κ1) is 20.8. The molecule has 0 unspecified atom stereocenters. The van der Waals surface area contributed by atoms with E-state index in [0.29, 0.717) is 28.1 Å². The molecular weight excluding hydrogens is 436 g/mol. The highest BCUT2D eigenvalue weighted by molar-refractivity contribution is 9.10. The zero-order valence-corrected chi connectivity index (χ0v) is 18.0. The summed E-state index contributed by atoms with van der Waals surface area (Å²) in [5, 5.41) is 2.24. The SMILES string of the molecule is CCCOc1ccc(/C=C2\C(=O)NC(=O)N(c3ccc(C)c(C)c3)C2=O)cc1Br. The van der Waals surface area contributed by atoms with E-state index in [1.165, 1.54) is 6.08 Å². The Hall–Kier alpha value is -2.93. The van der Waals surface area contributed by atoms with Crippen LogP contribution in [0, 0.1) is 13.8 Å². The van der Waals surface area contributed by atoms with Crippen LogP contribution in [0.1, 0.15) is 30.0 Å². The predicted molar refractivity (Wildman–Crippen MR) is 115 cm³/mol. The van der Waals surface area contributed by atoms with E-state index in [4.69, 9.17) is 4.74 Å². The normalized spacial score (nSPS) is 15.7. The number of rotatable bonds is 5. The van der Waals surface area contributed by atoms with E-state index in [-0.39, 0.29) is 5.57 Å². The molecule has 0 radical (unpaired) electrons. The van der Waals surface area contributed by atoms with Gasteiger partial charge in [0.2, 0.25) is 0 Å². The van der Waals surface area contributed by atoms with Crippen molar-refractivity contribution in [2.45, 2.75) is 27.2 Å². The number of carbonyl (C=O) groups is 3. The number of aryl methyl sites for hydroxylation is 2. The Balaban J connectivity index is 1.95. The quantitative estimate of drug-likeness (QED) is 0.529. The van der Waals surface area contributed by atoms with Crippen molar-refractivity contribution < 1.29 is 19.1 Å². The second-order valence-corrected chi connectivity index (χ2v) is 7.62. The molecule has 0 atom stereocenters. The number of halogens is 1. The summed E-state index contributed by atoms with van der Waals surface area (Å²) in [4.78, 5) is 38.6. The van der Waals surface area contributed by atoms with E-state index in [1.807, 2.05) is 26.8 Å². The van der Waals surface area contributed by atoms with Gasteiger partial charge in [-0.15, -0.1) is 0 Å². The number of hydrogen-bond donors (Lipinski definition) is 1. The lowest BCUT2D eigenvalue weighted by atomic mass is 10.1. The maximum atomic E-state index is 13.0. The maximum absolute atomic E-state index is 13.0. The molecular formula is C22H21BrN2O4. The van der Waals surface area contributed by atoms with Gasteiger partial charge < -0.3 is 4.74 Å². The van der Waals surface area contributed by atoms with Gasteiger partial charge in [0.05, 0.1) is 16.8 Å². The first-order chi connectivity index (χ1) is 13.8. The standard InChI is InChI=1S/C22H21BrN2O4/c1-4-9-29-19-8-6-15(12-18(19)23)11-17-20(26)24-22(28)25(21(17)27)16-7-5-13(2)14(3)10-16/h5-8,10-12H,4,9H2,1-3H3,(H,24,26,28)/b17-11+. The third-order valence-electron chi connectivity index (χ3n) is 4.58. The van der Waals surface area contributed by atoms with Crippen LogP contribution >= 0.6 is 15.9 Å². The Morgan fingerprint density at radius 1 is 1.07 bits per heavy atom. The zero-order valence-electron chi connectivity index (χ0n) is 16.4. The van der Waals surface area contributed by atoms with E-state index in [0.717, 1.165) is 22.4 Å². The van der Waals surface area contributed by atoms with Crippen molar-refractivity contribution in [1.82, 2.24) is 5.32 Å². The molecule has 1 N–H and O–H groups in total. The minimum absolute atomic E-state index is 0.114. The monoisotopic (exact) mass is 456 g/mol. The minimum atomic E-state index is -0.759. The average Bonchev–Trinajstić information content (AvgIpc) is 2.67. The van der Waals surface area contributed by atoms with Crippen molar-refractivity contribution in [2.24, 2.45) is 0 Å². The van der Waals surface area contributed by atoms with Crippen molar-refractivity contribution in [1.29, 1.82) is 0 Å². The average molecular weight is 457 g/mol. The molecule has 6 nitrogen and oxygen atoms in total. The molecule has 1 aliphatic rings. The molecule has 1 heterocycles. The highest BCUT2D eigenvalue weighted by Crippen LogP contribution is 2.28. The third-order valence-corrected chi connectivity index (χ3v) is 5.20. The molecule has 0 aromatic heterocycles. The lowest BCUT2D eigenvalue weighted by Crippen LogP contribution is -2.54. The van der Waals surface area contributed by atoms with Gasteiger partial charge in [-0.25, -0.2) is 9.69 Å². The van der Waals surface area contributed by atoms with Crippen molar-refractivity contribution in [2.75, 3.05) is 11.5 Å². The van der Waals surface area contributed by atoms with Crippen LogP contribution in [0.3, 0.4) is 0 Å². The summed E-state index contributed by atoms with van der Waals surface area (Å²) >= 11 is 3.44. The van der Waals surface area contributed by atoms with Gasteiger partial charge in [0, 0.05) is 0 Å². The summed E-state index contributed by atoms with van der Waals surface area (Å²) < 4.78 is 6.33. The summed E-state index contributed by atoms with van der Waals surface area (Å²) in [6.07, 6.45) is 2.35. The van der Waals surface area contributed by atoms with Gasteiger partial charge in [0.25, 0.3) is 11.8 Å². The van der Waals surface area contributed by atoms with E-state index >= 15 is 0 Å². The number of hydrogen-bond acceptors (Lipinski definition) is 4. The summed E-state index contributed by atoms with van der Waals surface area (Å²) in [5.41, 5.74) is 2.92. The molecule has 1 saturated heterocycles. The first-order valence-corrected chi connectivity index (χ1v) is 10.0. The van der Waals surface area contributed by atoms with Crippen LogP contribution in [-0.2, 0) is 9.59 Å². The fourth-order valence-corrected chi connectivity index (χ4v) is 3.37. The van der Waals surface area contributed by atoms with E-state index in [9.17, 15) is 14.4 Å². The summed E-state index contributed by atoms with van der Waals surface area (Å²) in [7, 11) is 0.